The normalized spacial score (nSPS) is 21.0. The Balaban J connectivity index is 1.70. The Morgan fingerprint density at radius 2 is 1.81 bits per heavy atom. The zero-order valence-corrected chi connectivity index (χ0v) is 21.4. The Kier molecular flexibility index (Phi) is 8.07. The standard InChI is InChI=1S/C26H33FN4O4S/c1-18-9-6-7-14-23(18)25(26(33)29-21-11-4-3-5-12-21)31(22-13-8-10-20(27)15-22)24(32)16-28-36(34,35)30-17-19(30)2/h6-10,13-15,19,21,25,28H,3-5,11-12,16-17H2,1-2H3,(H,29,33)/t19-,25?,30?/m1/s1. The molecule has 4 rings (SSSR count). The summed E-state index contributed by atoms with van der Waals surface area (Å²) in [6, 6.07) is 11.4. The van der Waals surface area contributed by atoms with Gasteiger partial charge in [-0.25, -0.2) is 4.39 Å². The molecular weight excluding hydrogens is 483 g/mol. The number of carbonyl (C=O) groups excluding carboxylic acids is 2. The molecule has 0 spiro atoms. The van der Waals surface area contributed by atoms with Crippen LogP contribution >= 0.6 is 0 Å². The van der Waals surface area contributed by atoms with Crippen LogP contribution in [0.4, 0.5) is 10.1 Å². The highest BCUT2D eigenvalue weighted by Crippen LogP contribution is 2.31. The van der Waals surface area contributed by atoms with E-state index in [0.717, 1.165) is 37.7 Å². The number of hydrogen-bond donors (Lipinski definition) is 2. The van der Waals surface area contributed by atoms with E-state index in [-0.39, 0.29) is 23.7 Å². The first kappa shape index (κ1) is 26.2. The van der Waals surface area contributed by atoms with Crippen molar-refractivity contribution in [2.24, 2.45) is 0 Å². The van der Waals surface area contributed by atoms with Gasteiger partial charge in [-0.3, -0.25) is 14.5 Å². The zero-order valence-electron chi connectivity index (χ0n) is 20.6. The van der Waals surface area contributed by atoms with Gasteiger partial charge in [0.05, 0.1) is 6.54 Å². The fraction of sp³-hybridized carbons (Fsp3) is 0.462. The van der Waals surface area contributed by atoms with E-state index in [0.29, 0.717) is 12.1 Å². The summed E-state index contributed by atoms with van der Waals surface area (Å²) < 4.78 is 42.9. The summed E-state index contributed by atoms with van der Waals surface area (Å²) in [4.78, 5) is 28.6. The molecule has 3 atom stereocenters. The van der Waals surface area contributed by atoms with Gasteiger partial charge in [0, 0.05) is 24.3 Å². The third-order valence-corrected chi connectivity index (χ3v) is 8.45. The molecule has 2 aromatic rings. The lowest BCUT2D eigenvalue weighted by Gasteiger charge is -2.34. The molecule has 0 aromatic heterocycles. The molecule has 1 saturated carbocycles. The third kappa shape index (κ3) is 6.11. The summed E-state index contributed by atoms with van der Waals surface area (Å²) >= 11 is 0. The van der Waals surface area contributed by atoms with E-state index >= 15 is 0 Å². The van der Waals surface area contributed by atoms with Gasteiger partial charge in [-0.1, -0.05) is 49.6 Å². The molecule has 194 valence electrons. The molecule has 36 heavy (non-hydrogen) atoms. The SMILES string of the molecule is Cc1ccccc1C(C(=O)NC1CCCCC1)N(C(=O)CNS(=O)(=O)N1C[C@H]1C)c1cccc(F)c1. The maximum atomic E-state index is 14.3. The molecule has 0 bridgehead atoms. The van der Waals surface area contributed by atoms with Gasteiger partial charge in [-0.2, -0.15) is 17.4 Å². The van der Waals surface area contributed by atoms with Crippen LogP contribution in [0.2, 0.25) is 0 Å². The second-order valence-corrected chi connectivity index (χ2v) is 11.3. The van der Waals surface area contributed by atoms with Crippen molar-refractivity contribution in [3.63, 3.8) is 0 Å². The summed E-state index contributed by atoms with van der Waals surface area (Å²) in [7, 11) is -3.84. The highest BCUT2D eigenvalue weighted by atomic mass is 32.2. The number of amides is 2. The first-order chi connectivity index (χ1) is 17.2. The minimum atomic E-state index is -3.84. The Labute approximate surface area is 212 Å². The monoisotopic (exact) mass is 516 g/mol. The molecule has 2 aliphatic rings. The van der Waals surface area contributed by atoms with Gasteiger partial charge >= 0.3 is 0 Å². The number of nitrogens with one attached hydrogen (secondary N) is 2. The summed E-state index contributed by atoms with van der Waals surface area (Å²) in [5.41, 5.74) is 1.55. The number of hydrogen-bond acceptors (Lipinski definition) is 4. The molecule has 2 unspecified atom stereocenters. The van der Waals surface area contributed by atoms with Crippen molar-refractivity contribution in [2.75, 3.05) is 18.0 Å². The van der Waals surface area contributed by atoms with E-state index in [1.165, 1.54) is 27.4 Å². The average molecular weight is 517 g/mol. The van der Waals surface area contributed by atoms with Crippen LogP contribution in [-0.2, 0) is 19.8 Å². The van der Waals surface area contributed by atoms with E-state index in [4.69, 9.17) is 0 Å². The number of benzene rings is 2. The zero-order chi connectivity index (χ0) is 25.9. The lowest BCUT2D eigenvalue weighted by atomic mass is 9.93. The fourth-order valence-corrected chi connectivity index (χ4v) is 6.11. The number of halogens is 1. The van der Waals surface area contributed by atoms with Gasteiger partial charge in [-0.05, 0) is 56.0 Å². The quantitative estimate of drug-likeness (QED) is 0.500. The van der Waals surface area contributed by atoms with Crippen LogP contribution in [-0.4, -0.2) is 49.7 Å². The number of anilines is 1. The molecule has 8 nitrogen and oxygen atoms in total. The minimum absolute atomic E-state index is 0.00936. The van der Waals surface area contributed by atoms with E-state index < -0.39 is 34.5 Å². The Morgan fingerprint density at radius 3 is 2.44 bits per heavy atom. The van der Waals surface area contributed by atoms with Crippen LogP contribution in [0, 0.1) is 12.7 Å². The van der Waals surface area contributed by atoms with Gasteiger partial charge in [-0.15, -0.1) is 0 Å². The summed E-state index contributed by atoms with van der Waals surface area (Å²) in [6.45, 7) is 3.42. The Bertz CT molecular complexity index is 1220. The predicted molar refractivity (Wildman–Crippen MR) is 136 cm³/mol. The number of aryl methyl sites for hydroxylation is 1. The molecular formula is C26H33FN4O4S. The number of rotatable bonds is 9. The van der Waals surface area contributed by atoms with Crippen molar-refractivity contribution in [2.45, 2.75) is 64.1 Å². The van der Waals surface area contributed by atoms with Crippen LogP contribution in [0.25, 0.3) is 0 Å². The molecule has 0 radical (unpaired) electrons. The van der Waals surface area contributed by atoms with Crippen LogP contribution in [0.15, 0.2) is 48.5 Å². The topological polar surface area (TPSA) is 98.6 Å². The van der Waals surface area contributed by atoms with Gasteiger partial charge < -0.3 is 5.32 Å². The summed E-state index contributed by atoms with van der Waals surface area (Å²) in [5.74, 6) is -1.61. The number of nitrogens with zero attached hydrogens (tertiary/aromatic N) is 2. The largest absolute Gasteiger partial charge is 0.351 e. The highest BCUT2D eigenvalue weighted by molar-refractivity contribution is 7.87. The molecule has 1 heterocycles. The lowest BCUT2D eigenvalue weighted by molar-refractivity contribution is -0.127. The van der Waals surface area contributed by atoms with Crippen molar-refractivity contribution >= 4 is 27.7 Å². The minimum Gasteiger partial charge on any atom is -0.351 e. The maximum absolute atomic E-state index is 14.3. The van der Waals surface area contributed by atoms with Gasteiger partial charge in [0.2, 0.25) is 11.8 Å². The highest BCUT2D eigenvalue weighted by Gasteiger charge is 2.41. The second kappa shape index (κ2) is 11.1. The third-order valence-electron chi connectivity index (χ3n) is 6.81. The summed E-state index contributed by atoms with van der Waals surface area (Å²) in [5, 5.41) is 3.10. The molecule has 1 saturated heterocycles. The Hall–Kier alpha value is -2.82. The fourth-order valence-electron chi connectivity index (χ4n) is 4.75. The van der Waals surface area contributed by atoms with Gasteiger partial charge in [0.15, 0.2) is 0 Å². The van der Waals surface area contributed by atoms with E-state index in [9.17, 15) is 22.4 Å². The van der Waals surface area contributed by atoms with Gasteiger partial charge in [0.1, 0.15) is 11.9 Å². The van der Waals surface area contributed by atoms with E-state index in [1.54, 1.807) is 25.1 Å². The van der Waals surface area contributed by atoms with E-state index in [1.807, 2.05) is 19.1 Å². The van der Waals surface area contributed by atoms with Crippen molar-refractivity contribution in [1.82, 2.24) is 14.3 Å². The second-order valence-electron chi connectivity index (χ2n) is 9.59. The van der Waals surface area contributed by atoms with Crippen LogP contribution in [0.1, 0.15) is 56.2 Å². The molecule has 2 amide bonds. The van der Waals surface area contributed by atoms with Crippen molar-refractivity contribution in [3.8, 4) is 0 Å². The Morgan fingerprint density at radius 1 is 1.11 bits per heavy atom. The van der Waals surface area contributed by atoms with Crippen molar-refractivity contribution < 1.29 is 22.4 Å². The summed E-state index contributed by atoms with van der Waals surface area (Å²) in [6.07, 6.45) is 4.87. The van der Waals surface area contributed by atoms with Crippen molar-refractivity contribution in [3.05, 3.63) is 65.5 Å². The first-order valence-corrected chi connectivity index (χ1v) is 13.8. The van der Waals surface area contributed by atoms with Crippen LogP contribution in [0.3, 0.4) is 0 Å². The molecule has 2 aromatic carbocycles. The lowest BCUT2D eigenvalue weighted by Crippen LogP contribution is -2.50. The average Bonchev–Trinajstić information content (AvgIpc) is 3.60. The van der Waals surface area contributed by atoms with Crippen LogP contribution in [0.5, 0.6) is 0 Å². The predicted octanol–water partition coefficient (Wildman–Crippen LogP) is 3.20. The molecule has 10 heteroatoms. The molecule has 2 fully saturated rings. The van der Waals surface area contributed by atoms with Crippen LogP contribution < -0.4 is 14.9 Å². The molecule has 1 aliphatic heterocycles. The van der Waals surface area contributed by atoms with Crippen molar-refractivity contribution in [1.29, 1.82) is 0 Å². The first-order valence-electron chi connectivity index (χ1n) is 12.4. The number of carbonyl (C=O) groups is 2. The molecule has 2 N–H and O–H groups in total. The van der Waals surface area contributed by atoms with Gasteiger partial charge in [0.25, 0.3) is 10.2 Å². The smallest absolute Gasteiger partial charge is 0.280 e. The van der Waals surface area contributed by atoms with E-state index in [2.05, 4.69) is 10.0 Å². The molecule has 1 aliphatic carbocycles. The maximum Gasteiger partial charge on any atom is 0.280 e.